The SMILES string of the molecule is CNCC1(F)CCNC1.Cl.Cl. The van der Waals surface area contributed by atoms with Crippen molar-refractivity contribution in [3.63, 3.8) is 0 Å². The molecule has 1 heterocycles. The molecule has 0 aromatic heterocycles. The van der Waals surface area contributed by atoms with Gasteiger partial charge in [-0.3, -0.25) is 0 Å². The molecule has 0 aromatic carbocycles. The Labute approximate surface area is 79.1 Å². The van der Waals surface area contributed by atoms with Gasteiger partial charge in [0.1, 0.15) is 5.67 Å². The Morgan fingerprint density at radius 2 is 2.18 bits per heavy atom. The Morgan fingerprint density at radius 1 is 1.55 bits per heavy atom. The van der Waals surface area contributed by atoms with Gasteiger partial charge in [0, 0.05) is 13.1 Å². The molecule has 0 bridgehead atoms. The van der Waals surface area contributed by atoms with Gasteiger partial charge in [0.15, 0.2) is 0 Å². The number of rotatable bonds is 2. The lowest BCUT2D eigenvalue weighted by Gasteiger charge is -2.16. The Bertz CT molecular complexity index is 96.6. The largest absolute Gasteiger partial charge is 0.317 e. The zero-order valence-electron chi connectivity index (χ0n) is 6.52. The highest BCUT2D eigenvalue weighted by Gasteiger charge is 2.32. The molecule has 0 radical (unpaired) electrons. The molecule has 1 aliphatic rings. The predicted octanol–water partition coefficient (Wildman–Crippen LogP) is 0.751. The maximum Gasteiger partial charge on any atom is 0.136 e. The molecular formula is C6H15Cl2FN2. The maximum absolute atomic E-state index is 13.2. The molecule has 70 valence electrons. The summed E-state index contributed by atoms with van der Waals surface area (Å²) in [6, 6.07) is 0. The van der Waals surface area contributed by atoms with Crippen LogP contribution in [0.2, 0.25) is 0 Å². The van der Waals surface area contributed by atoms with Gasteiger partial charge < -0.3 is 10.6 Å². The van der Waals surface area contributed by atoms with Crippen LogP contribution in [0, 0.1) is 0 Å². The quantitative estimate of drug-likeness (QED) is 0.695. The van der Waals surface area contributed by atoms with Crippen molar-refractivity contribution in [3.05, 3.63) is 0 Å². The van der Waals surface area contributed by atoms with Crippen molar-refractivity contribution >= 4 is 24.8 Å². The summed E-state index contributed by atoms with van der Waals surface area (Å²) in [5.41, 5.74) is -0.977. The number of alkyl halides is 1. The van der Waals surface area contributed by atoms with E-state index in [1.54, 1.807) is 7.05 Å². The van der Waals surface area contributed by atoms with E-state index in [0.717, 1.165) is 6.54 Å². The summed E-state index contributed by atoms with van der Waals surface area (Å²) < 4.78 is 13.2. The highest BCUT2D eigenvalue weighted by molar-refractivity contribution is 5.85. The van der Waals surface area contributed by atoms with Crippen molar-refractivity contribution in [2.24, 2.45) is 0 Å². The van der Waals surface area contributed by atoms with Crippen LogP contribution in [0.15, 0.2) is 0 Å². The van der Waals surface area contributed by atoms with Crippen LogP contribution < -0.4 is 10.6 Å². The van der Waals surface area contributed by atoms with E-state index in [0.29, 0.717) is 19.5 Å². The van der Waals surface area contributed by atoms with Gasteiger partial charge >= 0.3 is 0 Å². The highest BCUT2D eigenvalue weighted by atomic mass is 35.5. The van der Waals surface area contributed by atoms with Crippen LogP contribution in [0.5, 0.6) is 0 Å². The normalized spacial score (nSPS) is 28.9. The Morgan fingerprint density at radius 3 is 2.55 bits per heavy atom. The molecule has 5 heteroatoms. The van der Waals surface area contributed by atoms with Crippen LogP contribution >= 0.6 is 24.8 Å². The Hall–Kier alpha value is 0.430. The second-order valence-electron chi connectivity index (χ2n) is 2.61. The second-order valence-corrected chi connectivity index (χ2v) is 2.61. The van der Waals surface area contributed by atoms with E-state index in [2.05, 4.69) is 10.6 Å². The minimum Gasteiger partial charge on any atom is -0.317 e. The molecule has 1 fully saturated rings. The number of hydrogen-bond acceptors (Lipinski definition) is 2. The van der Waals surface area contributed by atoms with Gasteiger partial charge in [-0.25, -0.2) is 4.39 Å². The maximum atomic E-state index is 13.2. The Kier molecular flexibility index (Phi) is 7.63. The van der Waals surface area contributed by atoms with Crippen molar-refractivity contribution in [2.45, 2.75) is 12.1 Å². The monoisotopic (exact) mass is 204 g/mol. The second kappa shape index (κ2) is 6.00. The topological polar surface area (TPSA) is 24.1 Å². The lowest BCUT2D eigenvalue weighted by atomic mass is 10.1. The molecule has 11 heavy (non-hydrogen) atoms. The fraction of sp³-hybridized carbons (Fsp3) is 1.00. The summed E-state index contributed by atoms with van der Waals surface area (Å²) in [7, 11) is 1.78. The summed E-state index contributed by atoms with van der Waals surface area (Å²) in [6.07, 6.45) is 0.647. The first-order chi connectivity index (χ1) is 4.27. The van der Waals surface area contributed by atoms with Crippen molar-refractivity contribution < 1.29 is 4.39 Å². The van der Waals surface area contributed by atoms with E-state index < -0.39 is 5.67 Å². The number of nitrogens with one attached hydrogen (secondary N) is 2. The van der Waals surface area contributed by atoms with Crippen LogP contribution in [-0.4, -0.2) is 32.4 Å². The minimum atomic E-state index is -0.977. The van der Waals surface area contributed by atoms with E-state index in [-0.39, 0.29) is 24.8 Å². The molecule has 2 nitrogen and oxygen atoms in total. The smallest absolute Gasteiger partial charge is 0.136 e. The first-order valence-electron chi connectivity index (χ1n) is 3.31. The van der Waals surface area contributed by atoms with Gasteiger partial charge in [0.2, 0.25) is 0 Å². The minimum absolute atomic E-state index is 0. The van der Waals surface area contributed by atoms with Crippen LogP contribution in [0.3, 0.4) is 0 Å². The third kappa shape index (κ3) is 4.11. The molecule has 1 aliphatic heterocycles. The average Bonchev–Trinajstić information content (AvgIpc) is 2.16. The van der Waals surface area contributed by atoms with Crippen LogP contribution in [0.4, 0.5) is 4.39 Å². The molecule has 0 aliphatic carbocycles. The highest BCUT2D eigenvalue weighted by Crippen LogP contribution is 2.17. The molecule has 0 aromatic rings. The van der Waals surface area contributed by atoms with Crippen LogP contribution in [-0.2, 0) is 0 Å². The molecule has 0 saturated carbocycles. The molecule has 0 spiro atoms. The summed E-state index contributed by atoms with van der Waals surface area (Å²) in [4.78, 5) is 0. The average molecular weight is 205 g/mol. The van der Waals surface area contributed by atoms with E-state index in [1.807, 2.05) is 0 Å². The Balaban J connectivity index is 0. The van der Waals surface area contributed by atoms with E-state index in [1.165, 1.54) is 0 Å². The van der Waals surface area contributed by atoms with Crippen molar-refractivity contribution in [1.82, 2.24) is 10.6 Å². The summed E-state index contributed by atoms with van der Waals surface area (Å²) in [5.74, 6) is 0. The third-order valence-corrected chi connectivity index (χ3v) is 1.69. The molecule has 1 atom stereocenters. The van der Waals surface area contributed by atoms with Gasteiger partial charge in [-0.15, -0.1) is 24.8 Å². The van der Waals surface area contributed by atoms with E-state index in [4.69, 9.17) is 0 Å². The first-order valence-corrected chi connectivity index (χ1v) is 3.31. The zero-order valence-corrected chi connectivity index (χ0v) is 8.16. The molecule has 1 rings (SSSR count). The fourth-order valence-electron chi connectivity index (χ4n) is 1.18. The van der Waals surface area contributed by atoms with E-state index in [9.17, 15) is 4.39 Å². The molecule has 0 amide bonds. The number of halogens is 3. The summed E-state index contributed by atoms with van der Waals surface area (Å²) in [6.45, 7) is 1.80. The van der Waals surface area contributed by atoms with E-state index >= 15 is 0 Å². The molecule has 1 saturated heterocycles. The van der Waals surface area contributed by atoms with Crippen LogP contribution in [0.25, 0.3) is 0 Å². The predicted molar refractivity (Wildman–Crippen MR) is 49.7 cm³/mol. The first kappa shape index (κ1) is 14.0. The van der Waals surface area contributed by atoms with Crippen LogP contribution in [0.1, 0.15) is 6.42 Å². The zero-order chi connectivity index (χ0) is 6.74. The van der Waals surface area contributed by atoms with Crippen molar-refractivity contribution in [3.8, 4) is 0 Å². The van der Waals surface area contributed by atoms with Gasteiger partial charge in [-0.1, -0.05) is 0 Å². The number of hydrogen-bond donors (Lipinski definition) is 2. The van der Waals surface area contributed by atoms with Crippen molar-refractivity contribution in [2.75, 3.05) is 26.7 Å². The lowest BCUT2D eigenvalue weighted by Crippen LogP contribution is -2.36. The fourth-order valence-corrected chi connectivity index (χ4v) is 1.18. The summed E-state index contributed by atoms with van der Waals surface area (Å²) in [5, 5.41) is 5.82. The molecule has 2 N–H and O–H groups in total. The van der Waals surface area contributed by atoms with Gasteiger partial charge in [-0.2, -0.15) is 0 Å². The van der Waals surface area contributed by atoms with Crippen molar-refractivity contribution in [1.29, 1.82) is 0 Å². The lowest BCUT2D eigenvalue weighted by molar-refractivity contribution is 0.189. The van der Waals surface area contributed by atoms with Gasteiger partial charge in [0.05, 0.1) is 0 Å². The summed E-state index contributed by atoms with van der Waals surface area (Å²) >= 11 is 0. The van der Waals surface area contributed by atoms with Gasteiger partial charge in [0.25, 0.3) is 0 Å². The molecular weight excluding hydrogens is 190 g/mol. The van der Waals surface area contributed by atoms with Gasteiger partial charge in [-0.05, 0) is 20.0 Å². The standard InChI is InChI=1S/C6H13FN2.2ClH/c1-8-4-6(7)2-3-9-5-6;;/h8-9H,2-5H2,1H3;2*1H. The molecule has 1 unspecified atom stereocenters. The third-order valence-electron chi connectivity index (χ3n) is 1.69.